The Morgan fingerprint density at radius 2 is 1.88 bits per heavy atom. The minimum atomic E-state index is 0.574. The van der Waals surface area contributed by atoms with Gasteiger partial charge in [0.05, 0.1) is 17.6 Å². The first kappa shape index (κ1) is 16.2. The number of pyridine rings is 1. The molecule has 4 rings (SSSR count). The van der Waals surface area contributed by atoms with Crippen molar-refractivity contribution >= 4 is 17.3 Å². The van der Waals surface area contributed by atoms with Crippen molar-refractivity contribution in [2.45, 2.75) is 6.42 Å². The zero-order chi connectivity index (χ0) is 17.8. The Labute approximate surface area is 152 Å². The highest BCUT2D eigenvalue weighted by molar-refractivity contribution is 5.63. The molecule has 0 unspecified atom stereocenters. The summed E-state index contributed by atoms with van der Waals surface area (Å²) >= 11 is 0. The van der Waals surface area contributed by atoms with Crippen LogP contribution in [0.5, 0.6) is 0 Å². The van der Waals surface area contributed by atoms with Gasteiger partial charge in [-0.1, -0.05) is 24.3 Å². The van der Waals surface area contributed by atoms with Crippen LogP contribution < -0.4 is 10.6 Å². The largest absolute Gasteiger partial charge is 0.324 e. The third kappa shape index (κ3) is 3.27. The lowest BCUT2D eigenvalue weighted by Gasteiger charge is -2.11. The van der Waals surface area contributed by atoms with Crippen LogP contribution in [0.15, 0.2) is 67.1 Å². The van der Waals surface area contributed by atoms with Gasteiger partial charge in [0, 0.05) is 18.1 Å². The summed E-state index contributed by atoms with van der Waals surface area (Å²) in [7, 11) is 1.96. The second-order valence-electron chi connectivity index (χ2n) is 5.97. The third-order valence-corrected chi connectivity index (χ3v) is 4.24. The van der Waals surface area contributed by atoms with Gasteiger partial charge in [0.15, 0.2) is 0 Å². The van der Waals surface area contributed by atoms with Crippen LogP contribution >= 0.6 is 0 Å². The summed E-state index contributed by atoms with van der Waals surface area (Å²) in [5.41, 5.74) is 4.92. The van der Waals surface area contributed by atoms with Crippen molar-refractivity contribution in [2.24, 2.45) is 0 Å². The van der Waals surface area contributed by atoms with Crippen LogP contribution in [0, 0.1) is 0 Å². The average Bonchev–Trinajstić information content (AvgIpc) is 3.12. The van der Waals surface area contributed by atoms with E-state index >= 15 is 0 Å². The van der Waals surface area contributed by atoms with Gasteiger partial charge in [0.2, 0.25) is 5.95 Å². The molecule has 0 atom stereocenters. The monoisotopic (exact) mass is 344 g/mol. The molecule has 130 valence electrons. The van der Waals surface area contributed by atoms with Crippen molar-refractivity contribution in [1.29, 1.82) is 0 Å². The molecule has 0 saturated carbocycles. The quantitative estimate of drug-likeness (QED) is 0.562. The highest BCUT2D eigenvalue weighted by Gasteiger charge is 2.09. The van der Waals surface area contributed by atoms with Crippen LogP contribution in [-0.4, -0.2) is 32.9 Å². The molecule has 3 aromatic heterocycles. The van der Waals surface area contributed by atoms with Crippen molar-refractivity contribution in [3.63, 3.8) is 0 Å². The van der Waals surface area contributed by atoms with Gasteiger partial charge in [-0.25, -0.2) is 15.0 Å². The maximum absolute atomic E-state index is 4.68. The van der Waals surface area contributed by atoms with E-state index in [-0.39, 0.29) is 0 Å². The van der Waals surface area contributed by atoms with E-state index in [1.165, 1.54) is 5.56 Å². The number of hydrogen-bond acceptors (Lipinski definition) is 5. The Balaban J connectivity index is 1.65. The van der Waals surface area contributed by atoms with Gasteiger partial charge in [0.1, 0.15) is 5.65 Å². The van der Waals surface area contributed by atoms with E-state index in [9.17, 15) is 0 Å². The van der Waals surface area contributed by atoms with E-state index in [4.69, 9.17) is 0 Å². The van der Waals surface area contributed by atoms with Gasteiger partial charge >= 0.3 is 0 Å². The lowest BCUT2D eigenvalue weighted by atomic mass is 10.1. The second-order valence-corrected chi connectivity index (χ2v) is 5.97. The average molecular weight is 344 g/mol. The van der Waals surface area contributed by atoms with E-state index in [0.29, 0.717) is 5.95 Å². The van der Waals surface area contributed by atoms with Crippen molar-refractivity contribution in [1.82, 2.24) is 24.7 Å². The molecule has 6 nitrogen and oxygen atoms in total. The standard InChI is InChI=1S/C20H20N6/c1-21-11-9-15-6-2-3-7-16(15)24-20-22-12-10-17(25-20)18-14-23-19-8-4-5-13-26(18)19/h2-8,10,12-14,21H,9,11H2,1H3,(H,22,24,25). The van der Waals surface area contributed by atoms with E-state index < -0.39 is 0 Å². The van der Waals surface area contributed by atoms with Crippen LogP contribution in [0.4, 0.5) is 11.6 Å². The molecule has 6 heteroatoms. The number of likely N-dealkylation sites (N-methyl/N-ethyl adjacent to an activating group) is 1. The zero-order valence-corrected chi connectivity index (χ0v) is 14.6. The van der Waals surface area contributed by atoms with E-state index in [2.05, 4.69) is 37.7 Å². The van der Waals surface area contributed by atoms with Crippen molar-refractivity contribution in [2.75, 3.05) is 18.9 Å². The number of aromatic nitrogens is 4. The van der Waals surface area contributed by atoms with Gasteiger partial charge < -0.3 is 10.6 Å². The highest BCUT2D eigenvalue weighted by Crippen LogP contribution is 2.22. The van der Waals surface area contributed by atoms with Gasteiger partial charge in [-0.15, -0.1) is 0 Å². The second kappa shape index (κ2) is 7.33. The van der Waals surface area contributed by atoms with Crippen molar-refractivity contribution < 1.29 is 0 Å². The molecule has 0 radical (unpaired) electrons. The Bertz CT molecular complexity index is 1020. The number of fused-ring (bicyclic) bond motifs is 1. The first-order chi connectivity index (χ1) is 12.8. The zero-order valence-electron chi connectivity index (χ0n) is 14.6. The summed E-state index contributed by atoms with van der Waals surface area (Å²) in [5, 5.41) is 6.54. The van der Waals surface area contributed by atoms with E-state index in [1.54, 1.807) is 6.20 Å². The summed E-state index contributed by atoms with van der Waals surface area (Å²) in [6.07, 6.45) is 6.53. The molecule has 0 bridgehead atoms. The Morgan fingerprint density at radius 3 is 2.81 bits per heavy atom. The number of hydrogen-bond donors (Lipinski definition) is 2. The highest BCUT2D eigenvalue weighted by atomic mass is 15.1. The molecule has 26 heavy (non-hydrogen) atoms. The molecule has 0 saturated heterocycles. The predicted molar refractivity (Wildman–Crippen MR) is 104 cm³/mol. The fourth-order valence-corrected chi connectivity index (χ4v) is 2.92. The maximum Gasteiger partial charge on any atom is 0.227 e. The van der Waals surface area contributed by atoms with Gasteiger partial charge in [-0.05, 0) is 49.8 Å². The lowest BCUT2D eigenvalue weighted by Crippen LogP contribution is -2.11. The van der Waals surface area contributed by atoms with Gasteiger partial charge in [0.25, 0.3) is 0 Å². The molecule has 1 aromatic carbocycles. The molecule has 0 spiro atoms. The van der Waals surface area contributed by atoms with Crippen LogP contribution in [0.25, 0.3) is 17.0 Å². The minimum Gasteiger partial charge on any atom is -0.324 e. The van der Waals surface area contributed by atoms with Crippen LogP contribution in [-0.2, 0) is 6.42 Å². The number of imidazole rings is 1. The van der Waals surface area contributed by atoms with Crippen molar-refractivity contribution in [3.05, 3.63) is 72.7 Å². The number of anilines is 2. The molecular formula is C20H20N6. The fraction of sp³-hybridized carbons (Fsp3) is 0.150. The molecule has 0 fully saturated rings. The topological polar surface area (TPSA) is 67.1 Å². The first-order valence-electron chi connectivity index (χ1n) is 8.60. The molecule has 2 N–H and O–H groups in total. The Hall–Kier alpha value is -3.25. The normalized spacial score (nSPS) is 11.0. The van der Waals surface area contributed by atoms with Crippen LogP contribution in [0.1, 0.15) is 5.56 Å². The molecule has 0 aliphatic rings. The van der Waals surface area contributed by atoms with Crippen molar-refractivity contribution in [3.8, 4) is 11.4 Å². The van der Waals surface area contributed by atoms with Crippen LogP contribution in [0.3, 0.4) is 0 Å². The Kier molecular flexibility index (Phi) is 4.57. The SMILES string of the molecule is CNCCc1ccccc1Nc1nccc(-c2cnc3ccccn23)n1. The molecule has 4 aromatic rings. The number of benzene rings is 1. The fourth-order valence-electron chi connectivity index (χ4n) is 2.92. The lowest BCUT2D eigenvalue weighted by molar-refractivity contribution is 0.792. The van der Waals surface area contributed by atoms with Crippen LogP contribution in [0.2, 0.25) is 0 Å². The van der Waals surface area contributed by atoms with Gasteiger partial charge in [-0.3, -0.25) is 4.40 Å². The predicted octanol–water partition coefficient (Wildman–Crippen LogP) is 3.30. The molecular weight excluding hydrogens is 324 g/mol. The summed E-state index contributed by atoms with van der Waals surface area (Å²) < 4.78 is 2.02. The minimum absolute atomic E-state index is 0.574. The molecule has 0 amide bonds. The summed E-state index contributed by atoms with van der Waals surface area (Å²) in [5.74, 6) is 0.574. The smallest absolute Gasteiger partial charge is 0.227 e. The number of rotatable bonds is 6. The molecule has 0 aliphatic carbocycles. The molecule has 0 aliphatic heterocycles. The number of nitrogens with one attached hydrogen (secondary N) is 2. The van der Waals surface area contributed by atoms with E-state index in [0.717, 1.165) is 35.7 Å². The van der Waals surface area contributed by atoms with E-state index in [1.807, 2.05) is 60.2 Å². The maximum atomic E-state index is 4.68. The Morgan fingerprint density at radius 1 is 1.00 bits per heavy atom. The molecule has 3 heterocycles. The summed E-state index contributed by atoms with van der Waals surface area (Å²) in [6, 6.07) is 16.1. The summed E-state index contributed by atoms with van der Waals surface area (Å²) in [4.78, 5) is 13.5. The third-order valence-electron chi connectivity index (χ3n) is 4.24. The van der Waals surface area contributed by atoms with Gasteiger partial charge in [-0.2, -0.15) is 0 Å². The number of para-hydroxylation sites is 1. The number of nitrogens with zero attached hydrogens (tertiary/aromatic N) is 4. The first-order valence-corrected chi connectivity index (χ1v) is 8.60. The summed E-state index contributed by atoms with van der Waals surface area (Å²) in [6.45, 7) is 0.918.